The van der Waals surface area contributed by atoms with Gasteiger partial charge in [0.15, 0.2) is 0 Å². The second-order valence-corrected chi connectivity index (χ2v) is 8.84. The van der Waals surface area contributed by atoms with Gasteiger partial charge >= 0.3 is 6.03 Å². The monoisotopic (exact) mass is 422 g/mol. The average molecular weight is 423 g/mol. The van der Waals surface area contributed by atoms with Gasteiger partial charge in [-0.3, -0.25) is 9.69 Å². The molecule has 0 aromatic heterocycles. The zero-order valence-electron chi connectivity index (χ0n) is 15.3. The van der Waals surface area contributed by atoms with Gasteiger partial charge in [-0.15, -0.1) is 0 Å². The van der Waals surface area contributed by atoms with Crippen LogP contribution in [0, 0.1) is 0 Å². The first-order chi connectivity index (χ1) is 13.2. The van der Waals surface area contributed by atoms with Gasteiger partial charge in [-0.05, 0) is 42.5 Å². The molecule has 0 atom stereocenters. The Morgan fingerprint density at radius 2 is 1.86 bits per heavy atom. The molecule has 2 aromatic rings. The number of halogens is 1. The Morgan fingerprint density at radius 3 is 2.43 bits per heavy atom. The molecule has 28 heavy (non-hydrogen) atoms. The molecule has 0 radical (unpaired) electrons. The van der Waals surface area contributed by atoms with Crippen molar-refractivity contribution in [2.45, 2.75) is 4.90 Å². The number of hydrogen-bond donors (Lipinski definition) is 2. The lowest BCUT2D eigenvalue weighted by Gasteiger charge is -2.15. The van der Waals surface area contributed by atoms with Gasteiger partial charge in [-0.2, -0.15) is 0 Å². The fraction of sp³-hybridized carbons (Fsp3) is 0.222. The van der Waals surface area contributed by atoms with Crippen LogP contribution in [0.4, 0.5) is 16.2 Å². The van der Waals surface area contributed by atoms with Crippen LogP contribution in [0.1, 0.15) is 10.4 Å². The molecule has 148 valence electrons. The van der Waals surface area contributed by atoms with Crippen LogP contribution in [0.3, 0.4) is 0 Å². The highest BCUT2D eigenvalue weighted by molar-refractivity contribution is 7.89. The molecule has 10 heteroatoms. The third-order valence-electron chi connectivity index (χ3n) is 4.25. The molecule has 3 rings (SSSR count). The maximum atomic E-state index is 12.5. The number of sulfonamides is 1. The van der Waals surface area contributed by atoms with Crippen molar-refractivity contribution >= 4 is 44.9 Å². The number of rotatable bonds is 5. The highest BCUT2D eigenvalue weighted by atomic mass is 35.5. The van der Waals surface area contributed by atoms with Crippen molar-refractivity contribution in [2.24, 2.45) is 0 Å². The molecule has 1 heterocycles. The van der Waals surface area contributed by atoms with Crippen LogP contribution in [0.15, 0.2) is 47.4 Å². The predicted molar refractivity (Wildman–Crippen MR) is 107 cm³/mol. The van der Waals surface area contributed by atoms with Crippen LogP contribution < -0.4 is 15.5 Å². The Kier molecular flexibility index (Phi) is 5.59. The number of nitrogens with zero attached hydrogens (tertiary/aromatic N) is 2. The van der Waals surface area contributed by atoms with Crippen molar-refractivity contribution in [1.82, 2.24) is 9.62 Å². The molecule has 3 amide bonds. The van der Waals surface area contributed by atoms with Gasteiger partial charge in [0.1, 0.15) is 4.90 Å². The summed E-state index contributed by atoms with van der Waals surface area (Å²) in [5, 5.41) is 5.47. The number of anilines is 2. The fourth-order valence-corrected chi connectivity index (χ4v) is 4.08. The second kappa shape index (κ2) is 7.78. The summed E-state index contributed by atoms with van der Waals surface area (Å²) in [5.74, 6) is -0.474. The number of carbonyl (C=O) groups excluding carboxylic acids is 2. The summed E-state index contributed by atoms with van der Waals surface area (Å²) in [6.07, 6.45) is 0. The first-order valence-corrected chi connectivity index (χ1v) is 10.2. The van der Waals surface area contributed by atoms with Gasteiger partial charge in [0.05, 0.1) is 5.02 Å². The Labute approximate surface area is 168 Å². The van der Waals surface area contributed by atoms with E-state index in [1.165, 1.54) is 32.3 Å². The third kappa shape index (κ3) is 3.96. The summed E-state index contributed by atoms with van der Waals surface area (Å²) < 4.78 is 25.7. The molecule has 0 saturated carbocycles. The zero-order valence-corrected chi connectivity index (χ0v) is 16.8. The minimum atomic E-state index is -3.78. The molecule has 2 aromatic carbocycles. The van der Waals surface area contributed by atoms with Crippen molar-refractivity contribution in [3.63, 3.8) is 0 Å². The first-order valence-electron chi connectivity index (χ1n) is 8.39. The van der Waals surface area contributed by atoms with E-state index in [0.29, 0.717) is 18.8 Å². The number of amides is 3. The lowest BCUT2D eigenvalue weighted by Crippen LogP contribution is -2.27. The lowest BCUT2D eigenvalue weighted by atomic mass is 10.2. The summed E-state index contributed by atoms with van der Waals surface area (Å²) in [7, 11) is -1.000. The van der Waals surface area contributed by atoms with Crippen molar-refractivity contribution < 1.29 is 18.0 Å². The average Bonchev–Trinajstić information content (AvgIpc) is 3.08. The largest absolute Gasteiger partial charge is 0.336 e. The molecule has 0 bridgehead atoms. The molecule has 0 unspecified atom stereocenters. The van der Waals surface area contributed by atoms with Crippen LogP contribution in [0.2, 0.25) is 5.02 Å². The highest BCUT2D eigenvalue weighted by Crippen LogP contribution is 2.25. The van der Waals surface area contributed by atoms with Gasteiger partial charge in [0, 0.05) is 44.1 Å². The number of benzene rings is 2. The van der Waals surface area contributed by atoms with E-state index in [1.54, 1.807) is 29.2 Å². The molecule has 0 spiro atoms. The molecule has 1 saturated heterocycles. The van der Waals surface area contributed by atoms with Gasteiger partial charge in [0.25, 0.3) is 5.91 Å². The van der Waals surface area contributed by atoms with Gasteiger partial charge in [0.2, 0.25) is 10.0 Å². The zero-order chi connectivity index (χ0) is 20.5. The molecule has 1 aliphatic rings. The normalized spacial score (nSPS) is 14.3. The Morgan fingerprint density at radius 1 is 1.18 bits per heavy atom. The Bertz CT molecular complexity index is 1020. The van der Waals surface area contributed by atoms with E-state index in [9.17, 15) is 18.0 Å². The number of urea groups is 1. The SMILES string of the molecule is CN(C)S(=O)(=O)c1cc(C(=O)Nc2ccc(N3CCNC3=O)cc2)ccc1Cl. The van der Waals surface area contributed by atoms with E-state index in [-0.39, 0.29) is 21.5 Å². The molecule has 0 aliphatic carbocycles. The molecular weight excluding hydrogens is 404 g/mol. The van der Waals surface area contributed by atoms with Crippen molar-refractivity contribution in [3.05, 3.63) is 53.1 Å². The van der Waals surface area contributed by atoms with E-state index < -0.39 is 15.9 Å². The predicted octanol–water partition coefficient (Wildman–Crippen LogP) is 2.37. The first kappa shape index (κ1) is 20.1. The molecule has 8 nitrogen and oxygen atoms in total. The second-order valence-electron chi connectivity index (χ2n) is 6.32. The van der Waals surface area contributed by atoms with Gasteiger partial charge < -0.3 is 10.6 Å². The minimum absolute atomic E-state index is 0.0403. The maximum Gasteiger partial charge on any atom is 0.321 e. The quantitative estimate of drug-likeness (QED) is 0.772. The summed E-state index contributed by atoms with van der Waals surface area (Å²) in [6.45, 7) is 1.17. The highest BCUT2D eigenvalue weighted by Gasteiger charge is 2.23. The smallest absolute Gasteiger partial charge is 0.321 e. The van der Waals surface area contributed by atoms with E-state index in [2.05, 4.69) is 10.6 Å². The lowest BCUT2D eigenvalue weighted by molar-refractivity contribution is 0.102. The van der Waals surface area contributed by atoms with Crippen molar-refractivity contribution in [1.29, 1.82) is 0 Å². The Balaban J connectivity index is 1.79. The van der Waals surface area contributed by atoms with E-state index in [1.807, 2.05) is 0 Å². The van der Waals surface area contributed by atoms with E-state index in [0.717, 1.165) is 9.99 Å². The van der Waals surface area contributed by atoms with Crippen LogP contribution in [-0.4, -0.2) is 51.8 Å². The molecular formula is C18H19ClN4O4S. The summed E-state index contributed by atoms with van der Waals surface area (Å²) in [5.41, 5.74) is 1.40. The summed E-state index contributed by atoms with van der Waals surface area (Å²) in [4.78, 5) is 25.7. The fourth-order valence-electron chi connectivity index (χ4n) is 2.68. The van der Waals surface area contributed by atoms with E-state index in [4.69, 9.17) is 11.6 Å². The molecule has 1 fully saturated rings. The molecule has 1 aliphatic heterocycles. The molecule has 2 N–H and O–H groups in total. The van der Waals surface area contributed by atoms with Crippen LogP contribution in [0.25, 0.3) is 0 Å². The van der Waals surface area contributed by atoms with Crippen molar-refractivity contribution in [2.75, 3.05) is 37.4 Å². The van der Waals surface area contributed by atoms with Crippen LogP contribution in [0.5, 0.6) is 0 Å². The standard InChI is InChI=1S/C18H19ClN4O4S/c1-22(2)28(26,27)16-11-12(3-8-15(16)19)17(24)21-13-4-6-14(7-5-13)23-10-9-20-18(23)25/h3-8,11H,9-10H2,1-2H3,(H,20,25)(H,21,24). The van der Waals surface area contributed by atoms with Gasteiger partial charge in [-0.25, -0.2) is 17.5 Å². The van der Waals surface area contributed by atoms with Crippen molar-refractivity contribution in [3.8, 4) is 0 Å². The summed E-state index contributed by atoms with van der Waals surface area (Å²) in [6, 6.07) is 10.7. The number of nitrogens with one attached hydrogen (secondary N) is 2. The Hall–Kier alpha value is -2.62. The topological polar surface area (TPSA) is 98.8 Å². The third-order valence-corrected chi connectivity index (χ3v) is 6.54. The number of carbonyl (C=O) groups is 2. The maximum absolute atomic E-state index is 12.5. The van der Waals surface area contributed by atoms with Gasteiger partial charge in [-0.1, -0.05) is 11.6 Å². The van der Waals surface area contributed by atoms with Crippen LogP contribution in [-0.2, 0) is 10.0 Å². The minimum Gasteiger partial charge on any atom is -0.336 e. The van der Waals surface area contributed by atoms with Crippen LogP contribution >= 0.6 is 11.6 Å². The van der Waals surface area contributed by atoms with E-state index >= 15 is 0 Å². The number of hydrogen-bond acceptors (Lipinski definition) is 4. The summed E-state index contributed by atoms with van der Waals surface area (Å²) >= 11 is 6.01.